The Bertz CT molecular complexity index is 878. The molecular formula is C21H26N4O3. The lowest BCUT2D eigenvalue weighted by atomic mass is 10.0. The molecule has 0 aliphatic heterocycles. The molecule has 28 heavy (non-hydrogen) atoms. The molecule has 0 spiro atoms. The summed E-state index contributed by atoms with van der Waals surface area (Å²) in [6.07, 6.45) is 5.36. The second-order valence-corrected chi connectivity index (χ2v) is 6.51. The van der Waals surface area contributed by atoms with Gasteiger partial charge in [0.05, 0.1) is 6.54 Å². The van der Waals surface area contributed by atoms with E-state index >= 15 is 0 Å². The Balaban J connectivity index is 1.95. The van der Waals surface area contributed by atoms with Crippen LogP contribution in [0.25, 0.3) is 0 Å². The molecule has 1 amide bonds. The van der Waals surface area contributed by atoms with Crippen molar-refractivity contribution in [2.45, 2.75) is 26.4 Å². The van der Waals surface area contributed by atoms with Crippen LogP contribution in [0.4, 0.5) is 5.69 Å². The van der Waals surface area contributed by atoms with E-state index in [-0.39, 0.29) is 19.0 Å². The van der Waals surface area contributed by atoms with E-state index in [4.69, 9.17) is 10.8 Å². The van der Waals surface area contributed by atoms with E-state index in [2.05, 4.69) is 26.9 Å². The van der Waals surface area contributed by atoms with E-state index in [0.29, 0.717) is 29.5 Å². The Hall–Kier alpha value is -3.24. The fourth-order valence-electron chi connectivity index (χ4n) is 2.45. The van der Waals surface area contributed by atoms with Crippen molar-refractivity contribution in [3.8, 4) is 12.3 Å². The quantitative estimate of drug-likeness (QED) is 0.333. The molecule has 0 saturated heterocycles. The van der Waals surface area contributed by atoms with Gasteiger partial charge in [0.25, 0.3) is 0 Å². The number of benzene rings is 1. The summed E-state index contributed by atoms with van der Waals surface area (Å²) in [5.41, 5.74) is 0.0824. The first-order valence-corrected chi connectivity index (χ1v) is 9.02. The van der Waals surface area contributed by atoms with Gasteiger partial charge in [0, 0.05) is 17.8 Å². The Kier molecular flexibility index (Phi) is 7.24. The zero-order valence-electron chi connectivity index (χ0n) is 16.4. The molecular weight excluding hydrogens is 356 g/mol. The molecule has 1 unspecified atom stereocenters. The molecule has 1 atom stereocenters. The van der Waals surface area contributed by atoms with Gasteiger partial charge in [-0.05, 0) is 51.1 Å². The van der Waals surface area contributed by atoms with E-state index in [1.165, 1.54) is 0 Å². The average Bonchev–Trinajstić information content (AvgIpc) is 3.11. The number of furan rings is 1. The van der Waals surface area contributed by atoms with Crippen LogP contribution in [0.1, 0.15) is 30.9 Å². The van der Waals surface area contributed by atoms with Gasteiger partial charge in [0.1, 0.15) is 23.7 Å². The monoisotopic (exact) mass is 382 g/mol. The molecule has 7 nitrogen and oxygen atoms in total. The molecule has 2 aromatic rings. The summed E-state index contributed by atoms with van der Waals surface area (Å²) in [6, 6.07) is 10.6. The molecule has 4 N–H and O–H groups in total. The van der Waals surface area contributed by atoms with Crippen LogP contribution in [0.5, 0.6) is 0 Å². The van der Waals surface area contributed by atoms with Crippen molar-refractivity contribution in [3.63, 3.8) is 0 Å². The predicted molar refractivity (Wildman–Crippen MR) is 110 cm³/mol. The largest absolute Gasteiger partial charge is 0.463 e. The summed E-state index contributed by atoms with van der Waals surface area (Å²) < 4.78 is 5.50. The van der Waals surface area contributed by atoms with Gasteiger partial charge in [-0.25, -0.2) is 4.99 Å². The number of carbonyl (C=O) groups excluding carboxylic acids is 1. The minimum Gasteiger partial charge on any atom is -0.463 e. The van der Waals surface area contributed by atoms with E-state index < -0.39 is 5.60 Å². The Morgan fingerprint density at radius 2 is 2.11 bits per heavy atom. The van der Waals surface area contributed by atoms with E-state index in [0.717, 1.165) is 5.76 Å². The van der Waals surface area contributed by atoms with Crippen LogP contribution in [-0.4, -0.2) is 36.6 Å². The average molecular weight is 382 g/mol. The molecule has 7 heteroatoms. The lowest BCUT2D eigenvalue weighted by Crippen LogP contribution is -2.44. The van der Waals surface area contributed by atoms with Gasteiger partial charge >= 0.3 is 0 Å². The van der Waals surface area contributed by atoms with Crippen LogP contribution in [0.15, 0.2) is 45.8 Å². The van der Waals surface area contributed by atoms with Crippen LogP contribution < -0.4 is 16.0 Å². The molecule has 1 aromatic carbocycles. The SMILES string of the molecule is C#Cc1cccc(NC(=O)CN=C(NCC)NCC(C)(O)c2ccc(C)o2)c1. The summed E-state index contributed by atoms with van der Waals surface area (Å²) in [5, 5.41) is 19.4. The second-order valence-electron chi connectivity index (χ2n) is 6.51. The Morgan fingerprint density at radius 1 is 1.32 bits per heavy atom. The van der Waals surface area contributed by atoms with Crippen molar-refractivity contribution in [1.29, 1.82) is 0 Å². The normalized spacial score (nSPS) is 13.3. The van der Waals surface area contributed by atoms with Crippen LogP contribution in [0, 0.1) is 19.3 Å². The zero-order chi connectivity index (χ0) is 20.6. The number of hydrogen-bond acceptors (Lipinski definition) is 4. The minimum atomic E-state index is -1.22. The number of hydrogen-bond donors (Lipinski definition) is 4. The van der Waals surface area contributed by atoms with Gasteiger partial charge in [-0.3, -0.25) is 4.79 Å². The highest BCUT2D eigenvalue weighted by atomic mass is 16.4. The second kappa shape index (κ2) is 9.62. The van der Waals surface area contributed by atoms with Gasteiger partial charge in [-0.15, -0.1) is 6.42 Å². The van der Waals surface area contributed by atoms with Gasteiger partial charge < -0.3 is 25.5 Å². The third-order valence-corrected chi connectivity index (χ3v) is 3.91. The van der Waals surface area contributed by atoms with Crippen LogP contribution in [-0.2, 0) is 10.4 Å². The zero-order valence-corrected chi connectivity index (χ0v) is 16.4. The maximum atomic E-state index is 12.2. The topological polar surface area (TPSA) is 98.9 Å². The van der Waals surface area contributed by atoms with Crippen molar-refractivity contribution in [2.75, 3.05) is 25.0 Å². The summed E-state index contributed by atoms with van der Waals surface area (Å²) in [4.78, 5) is 16.4. The van der Waals surface area contributed by atoms with Gasteiger partial charge in [-0.1, -0.05) is 12.0 Å². The number of anilines is 1. The third kappa shape index (κ3) is 6.18. The smallest absolute Gasteiger partial charge is 0.246 e. The highest BCUT2D eigenvalue weighted by molar-refractivity contribution is 5.94. The number of nitrogens with zero attached hydrogens (tertiary/aromatic N) is 1. The van der Waals surface area contributed by atoms with Gasteiger partial charge in [-0.2, -0.15) is 0 Å². The standard InChI is InChI=1S/C21H26N4O3/c1-5-16-8-7-9-17(12-16)25-19(26)13-23-20(22-6-2)24-14-21(4,27)18-11-10-15(3)28-18/h1,7-12,27H,6,13-14H2,2-4H3,(H,25,26)(H2,22,23,24). The number of aliphatic hydroxyl groups is 1. The van der Waals surface area contributed by atoms with E-state index in [1.54, 1.807) is 43.3 Å². The maximum Gasteiger partial charge on any atom is 0.246 e. The number of rotatable bonds is 7. The van der Waals surface area contributed by atoms with Crippen molar-refractivity contribution >= 4 is 17.6 Å². The lowest BCUT2D eigenvalue weighted by Gasteiger charge is -2.22. The van der Waals surface area contributed by atoms with Gasteiger partial charge in [0.15, 0.2) is 5.96 Å². The first-order chi connectivity index (χ1) is 13.3. The van der Waals surface area contributed by atoms with Crippen LogP contribution >= 0.6 is 0 Å². The Morgan fingerprint density at radius 3 is 2.75 bits per heavy atom. The summed E-state index contributed by atoms with van der Waals surface area (Å²) in [5.74, 6) is 3.84. The third-order valence-electron chi connectivity index (χ3n) is 3.91. The van der Waals surface area contributed by atoms with Crippen molar-refractivity contribution in [1.82, 2.24) is 10.6 Å². The predicted octanol–water partition coefficient (Wildman–Crippen LogP) is 1.97. The molecule has 2 rings (SSSR count). The molecule has 0 bridgehead atoms. The maximum absolute atomic E-state index is 12.2. The first kappa shape index (κ1) is 21.1. The molecule has 1 heterocycles. The van der Waals surface area contributed by atoms with Crippen molar-refractivity contribution < 1.29 is 14.3 Å². The summed E-state index contributed by atoms with van der Waals surface area (Å²) in [6.45, 7) is 6.06. The highest BCUT2D eigenvalue weighted by Crippen LogP contribution is 2.21. The molecule has 0 saturated carbocycles. The van der Waals surface area contributed by atoms with E-state index in [9.17, 15) is 9.90 Å². The number of terminal acetylenes is 1. The number of carbonyl (C=O) groups is 1. The van der Waals surface area contributed by atoms with Gasteiger partial charge in [0.2, 0.25) is 5.91 Å². The molecule has 0 aliphatic carbocycles. The minimum absolute atomic E-state index is 0.0857. The van der Waals surface area contributed by atoms with Crippen molar-refractivity contribution in [2.24, 2.45) is 4.99 Å². The first-order valence-electron chi connectivity index (χ1n) is 9.02. The molecule has 0 radical (unpaired) electrons. The lowest BCUT2D eigenvalue weighted by molar-refractivity contribution is -0.114. The summed E-state index contributed by atoms with van der Waals surface area (Å²) >= 11 is 0. The number of nitrogens with one attached hydrogen (secondary N) is 3. The van der Waals surface area contributed by atoms with Crippen molar-refractivity contribution in [3.05, 3.63) is 53.5 Å². The van der Waals surface area contributed by atoms with E-state index in [1.807, 2.05) is 13.8 Å². The molecule has 0 fully saturated rings. The fourth-order valence-corrected chi connectivity index (χ4v) is 2.45. The Labute approximate surface area is 165 Å². The molecule has 0 aliphatic rings. The number of guanidine groups is 1. The number of aryl methyl sites for hydroxylation is 1. The van der Waals surface area contributed by atoms with Crippen LogP contribution in [0.3, 0.4) is 0 Å². The number of aliphatic imine (C=N–C) groups is 1. The highest BCUT2D eigenvalue weighted by Gasteiger charge is 2.27. The summed E-state index contributed by atoms with van der Waals surface area (Å²) in [7, 11) is 0. The van der Waals surface area contributed by atoms with Crippen LogP contribution in [0.2, 0.25) is 0 Å². The molecule has 148 valence electrons. The number of amides is 1. The molecule has 1 aromatic heterocycles. The fraction of sp³-hybridized carbons (Fsp3) is 0.333.